The number of methoxy groups -OCH3 is 1. The minimum absolute atomic E-state index is 0.00153. The summed E-state index contributed by atoms with van der Waals surface area (Å²) in [5, 5.41) is 11.7. The van der Waals surface area contributed by atoms with Crippen molar-refractivity contribution in [3.8, 4) is 11.5 Å². The van der Waals surface area contributed by atoms with Crippen LogP contribution in [0.2, 0.25) is 5.02 Å². The van der Waals surface area contributed by atoms with Gasteiger partial charge in [0.2, 0.25) is 0 Å². The molecule has 1 aliphatic rings. The first kappa shape index (κ1) is 24.7. The van der Waals surface area contributed by atoms with Crippen molar-refractivity contribution in [1.82, 2.24) is 10.2 Å². The lowest BCUT2D eigenvalue weighted by Gasteiger charge is -2.14. The van der Waals surface area contributed by atoms with E-state index in [4.69, 9.17) is 26.2 Å². The van der Waals surface area contributed by atoms with Gasteiger partial charge in [-0.2, -0.15) is 0 Å². The first-order valence-corrected chi connectivity index (χ1v) is 11.0. The fourth-order valence-electron chi connectivity index (χ4n) is 3.54. The lowest BCUT2D eigenvalue weighted by molar-refractivity contribution is -0.123. The number of carbonyl (C=O) groups excluding carboxylic acids is 2. The second kappa shape index (κ2) is 10.5. The number of carbonyl (C=O) groups is 3. The van der Waals surface area contributed by atoms with E-state index >= 15 is 0 Å². The molecule has 0 radical (unpaired) electrons. The van der Waals surface area contributed by atoms with Crippen LogP contribution in [0.15, 0.2) is 66.4 Å². The monoisotopic (exact) mass is 510 g/mol. The molecule has 0 aliphatic carbocycles. The molecule has 10 heteroatoms. The molecule has 3 aromatic carbocycles. The van der Waals surface area contributed by atoms with Crippen molar-refractivity contribution in [1.29, 1.82) is 0 Å². The number of nitrogens with zero attached hydrogens (tertiary/aromatic N) is 1. The number of rotatable bonds is 8. The highest BCUT2D eigenvalue weighted by Crippen LogP contribution is 2.37. The molecule has 4 rings (SSSR count). The highest BCUT2D eigenvalue weighted by atomic mass is 35.5. The Balaban J connectivity index is 1.51. The summed E-state index contributed by atoms with van der Waals surface area (Å²) < 4.78 is 25.2. The van der Waals surface area contributed by atoms with E-state index in [-0.39, 0.29) is 46.5 Å². The van der Waals surface area contributed by atoms with E-state index in [1.807, 2.05) is 0 Å². The van der Waals surface area contributed by atoms with E-state index in [0.717, 1.165) is 10.5 Å². The van der Waals surface area contributed by atoms with Crippen LogP contribution >= 0.6 is 11.6 Å². The van der Waals surface area contributed by atoms with Gasteiger partial charge >= 0.3 is 12.0 Å². The predicted octanol–water partition coefficient (Wildman–Crippen LogP) is 4.86. The zero-order valence-corrected chi connectivity index (χ0v) is 19.7. The van der Waals surface area contributed by atoms with Gasteiger partial charge in [0.05, 0.1) is 24.2 Å². The second-order valence-electron chi connectivity index (χ2n) is 7.80. The molecule has 3 aromatic rings. The van der Waals surface area contributed by atoms with Gasteiger partial charge in [0.25, 0.3) is 5.91 Å². The first-order valence-electron chi connectivity index (χ1n) is 10.7. The second-order valence-corrected chi connectivity index (χ2v) is 8.20. The van der Waals surface area contributed by atoms with Crippen molar-refractivity contribution in [3.05, 3.63) is 99.5 Å². The van der Waals surface area contributed by atoms with Crippen LogP contribution in [0.5, 0.6) is 11.5 Å². The first-order chi connectivity index (χ1) is 17.3. The molecule has 0 bridgehead atoms. The Morgan fingerprint density at radius 3 is 2.53 bits per heavy atom. The molecule has 0 saturated carbocycles. The minimum atomic E-state index is -1.02. The maximum Gasteiger partial charge on any atom is 0.335 e. The van der Waals surface area contributed by atoms with Crippen molar-refractivity contribution >= 4 is 35.6 Å². The van der Waals surface area contributed by atoms with Gasteiger partial charge in [-0.15, -0.1) is 0 Å². The molecule has 1 heterocycles. The van der Waals surface area contributed by atoms with E-state index in [0.29, 0.717) is 5.56 Å². The number of urea groups is 1. The van der Waals surface area contributed by atoms with Gasteiger partial charge in [-0.3, -0.25) is 9.69 Å². The van der Waals surface area contributed by atoms with Crippen molar-refractivity contribution < 1.29 is 33.4 Å². The van der Waals surface area contributed by atoms with Gasteiger partial charge in [-0.1, -0.05) is 41.9 Å². The summed E-state index contributed by atoms with van der Waals surface area (Å²) in [6.07, 6.45) is 1.43. The Kier molecular flexibility index (Phi) is 7.21. The summed E-state index contributed by atoms with van der Waals surface area (Å²) in [5.74, 6) is -1.60. The molecular weight excluding hydrogens is 491 g/mol. The Bertz CT molecular complexity index is 1370. The third-order valence-electron chi connectivity index (χ3n) is 5.40. The fourth-order valence-corrected chi connectivity index (χ4v) is 3.81. The Hall–Kier alpha value is -4.37. The van der Waals surface area contributed by atoms with Gasteiger partial charge in [0.15, 0.2) is 11.5 Å². The number of aromatic carboxylic acids is 1. The summed E-state index contributed by atoms with van der Waals surface area (Å²) in [6.45, 7) is -0.102. The number of nitrogens with one attached hydrogen (secondary N) is 1. The fraction of sp³-hybridized carbons (Fsp3) is 0.115. The maximum atomic E-state index is 14.0. The number of ether oxygens (including phenoxy) is 2. The molecule has 8 nitrogen and oxygen atoms in total. The number of benzene rings is 3. The SMILES string of the molecule is COc1cc(/C=C2/NC(=O)N(Cc3ccccc3F)C2=O)cc(Cl)c1OCc1ccc(C(=O)O)cc1. The van der Waals surface area contributed by atoms with Crippen molar-refractivity contribution in [2.24, 2.45) is 0 Å². The van der Waals surface area contributed by atoms with E-state index in [2.05, 4.69) is 5.32 Å². The molecular formula is C26H20ClFN2O6. The molecule has 1 saturated heterocycles. The Labute approximate surface area is 210 Å². The van der Waals surface area contributed by atoms with Gasteiger partial charge in [0.1, 0.15) is 18.1 Å². The molecule has 2 N–H and O–H groups in total. The third-order valence-corrected chi connectivity index (χ3v) is 5.68. The van der Waals surface area contributed by atoms with Crippen LogP contribution in [0, 0.1) is 5.82 Å². The van der Waals surface area contributed by atoms with E-state index in [1.54, 1.807) is 30.3 Å². The number of halogens is 2. The van der Waals surface area contributed by atoms with Crippen molar-refractivity contribution in [3.63, 3.8) is 0 Å². The lowest BCUT2D eigenvalue weighted by atomic mass is 10.1. The number of amides is 3. The average molecular weight is 511 g/mol. The van der Waals surface area contributed by atoms with Gasteiger partial charge in [0, 0.05) is 5.56 Å². The topological polar surface area (TPSA) is 105 Å². The number of hydrogen-bond acceptors (Lipinski definition) is 5. The summed E-state index contributed by atoms with van der Waals surface area (Å²) in [5.41, 5.74) is 1.56. The van der Waals surface area contributed by atoms with Crippen LogP contribution in [0.3, 0.4) is 0 Å². The van der Waals surface area contributed by atoms with Gasteiger partial charge < -0.3 is 19.9 Å². The summed E-state index contributed by atoms with van der Waals surface area (Å²) in [7, 11) is 1.43. The standard InChI is InChI=1S/C26H20ClFN2O6/c1-35-22-12-16(10-19(27)23(22)36-14-15-6-8-17(9-7-15)25(32)33)11-21-24(31)30(26(34)29-21)13-18-4-2-3-5-20(18)28/h2-12H,13-14H2,1H3,(H,29,34)(H,32,33)/b21-11+. The van der Waals surface area contributed by atoms with Crippen LogP contribution in [-0.4, -0.2) is 35.0 Å². The quantitative estimate of drug-likeness (QED) is 0.331. The number of carboxylic acids is 1. The predicted molar refractivity (Wildman–Crippen MR) is 129 cm³/mol. The van der Waals surface area contributed by atoms with E-state index in [9.17, 15) is 18.8 Å². The van der Waals surface area contributed by atoms with E-state index < -0.39 is 23.7 Å². The largest absolute Gasteiger partial charge is 0.493 e. The van der Waals surface area contributed by atoms with Crippen LogP contribution in [0.4, 0.5) is 9.18 Å². The zero-order chi connectivity index (χ0) is 25.8. The smallest absolute Gasteiger partial charge is 0.335 e. The maximum absolute atomic E-state index is 14.0. The number of imide groups is 1. The molecule has 0 spiro atoms. The Morgan fingerprint density at radius 2 is 1.86 bits per heavy atom. The van der Waals surface area contributed by atoms with Gasteiger partial charge in [-0.05, 0) is 47.5 Å². The normalized spacial score (nSPS) is 14.2. The highest BCUT2D eigenvalue weighted by molar-refractivity contribution is 6.32. The molecule has 36 heavy (non-hydrogen) atoms. The van der Waals surface area contributed by atoms with Crippen molar-refractivity contribution in [2.75, 3.05) is 7.11 Å². The summed E-state index contributed by atoms with van der Waals surface area (Å²) >= 11 is 6.41. The van der Waals surface area contributed by atoms with E-state index in [1.165, 1.54) is 43.5 Å². The molecule has 1 aliphatic heterocycles. The molecule has 3 amide bonds. The highest BCUT2D eigenvalue weighted by Gasteiger charge is 2.34. The average Bonchev–Trinajstić information content (AvgIpc) is 3.11. The minimum Gasteiger partial charge on any atom is -0.493 e. The van der Waals surface area contributed by atoms with Crippen molar-refractivity contribution in [2.45, 2.75) is 13.2 Å². The molecule has 0 aromatic heterocycles. The summed E-state index contributed by atoms with van der Waals surface area (Å²) in [4.78, 5) is 37.1. The lowest BCUT2D eigenvalue weighted by Crippen LogP contribution is -2.30. The van der Waals surface area contributed by atoms with Crippen LogP contribution < -0.4 is 14.8 Å². The molecule has 0 atom stereocenters. The van der Waals surface area contributed by atoms with Crippen LogP contribution in [0.1, 0.15) is 27.0 Å². The Morgan fingerprint density at radius 1 is 1.14 bits per heavy atom. The number of carboxylic acid groups (broad SMARTS) is 1. The molecule has 184 valence electrons. The number of hydrogen-bond donors (Lipinski definition) is 2. The van der Waals surface area contributed by atoms with Gasteiger partial charge in [-0.25, -0.2) is 14.0 Å². The zero-order valence-electron chi connectivity index (χ0n) is 19.0. The van der Waals surface area contributed by atoms with Crippen LogP contribution in [-0.2, 0) is 17.9 Å². The third kappa shape index (κ3) is 5.31. The molecule has 1 fully saturated rings. The molecule has 0 unspecified atom stereocenters. The van der Waals surface area contributed by atoms with Crippen LogP contribution in [0.25, 0.3) is 6.08 Å². The summed E-state index contributed by atoms with van der Waals surface area (Å²) in [6, 6.07) is 14.6.